The number of amides is 2. The molecule has 3 N–H and O–H groups in total. The van der Waals surface area contributed by atoms with E-state index in [1.54, 1.807) is 6.07 Å². The summed E-state index contributed by atoms with van der Waals surface area (Å²) in [6.07, 6.45) is 4.63. The number of urea groups is 1. The highest BCUT2D eigenvalue weighted by Crippen LogP contribution is 2.00. The lowest BCUT2D eigenvalue weighted by atomic mass is 10.2. The molecule has 2 amide bonds. The molecular formula is C13H19N3O3. The van der Waals surface area contributed by atoms with Crippen LogP contribution < -0.4 is 10.6 Å². The molecule has 0 aliphatic carbocycles. The number of carboxylic acid groups (broad SMARTS) is 1. The molecule has 0 aliphatic rings. The van der Waals surface area contributed by atoms with Crippen LogP contribution in [0.15, 0.2) is 18.3 Å². The molecule has 19 heavy (non-hydrogen) atoms. The van der Waals surface area contributed by atoms with Crippen molar-refractivity contribution in [2.24, 2.45) is 0 Å². The first kappa shape index (κ1) is 14.9. The summed E-state index contributed by atoms with van der Waals surface area (Å²) in [6, 6.07) is 2.82. The van der Waals surface area contributed by atoms with Gasteiger partial charge in [0.05, 0.1) is 0 Å². The quantitative estimate of drug-likeness (QED) is 0.655. The van der Waals surface area contributed by atoms with Gasteiger partial charge in [0.25, 0.3) is 0 Å². The van der Waals surface area contributed by atoms with Crippen molar-refractivity contribution < 1.29 is 14.7 Å². The van der Waals surface area contributed by atoms with E-state index in [-0.39, 0.29) is 11.7 Å². The SMILES string of the molecule is CCCCCNC(=O)NCc1ccc(C(=O)O)nc1. The summed E-state index contributed by atoms with van der Waals surface area (Å²) in [6.45, 7) is 3.09. The molecule has 0 saturated carbocycles. The van der Waals surface area contributed by atoms with E-state index < -0.39 is 5.97 Å². The van der Waals surface area contributed by atoms with Crippen molar-refractivity contribution in [1.29, 1.82) is 0 Å². The summed E-state index contributed by atoms with van der Waals surface area (Å²) in [5.41, 5.74) is 0.751. The fraction of sp³-hybridized carbons (Fsp3) is 0.462. The lowest BCUT2D eigenvalue weighted by Crippen LogP contribution is -2.35. The van der Waals surface area contributed by atoms with Gasteiger partial charge in [0.15, 0.2) is 0 Å². The van der Waals surface area contributed by atoms with Gasteiger partial charge in [-0.3, -0.25) is 0 Å². The standard InChI is InChI=1S/C13H19N3O3/c1-2-3-4-7-14-13(19)16-9-10-5-6-11(12(17)18)15-8-10/h5-6,8H,2-4,7,9H2,1H3,(H,17,18)(H2,14,16,19). The van der Waals surface area contributed by atoms with E-state index in [4.69, 9.17) is 5.11 Å². The molecule has 104 valence electrons. The van der Waals surface area contributed by atoms with E-state index in [9.17, 15) is 9.59 Å². The van der Waals surface area contributed by atoms with Gasteiger partial charge in [0, 0.05) is 19.3 Å². The fourth-order valence-corrected chi connectivity index (χ4v) is 1.48. The maximum atomic E-state index is 11.4. The van der Waals surface area contributed by atoms with Gasteiger partial charge < -0.3 is 15.7 Å². The summed E-state index contributed by atoms with van der Waals surface area (Å²) < 4.78 is 0. The van der Waals surface area contributed by atoms with Crippen LogP contribution >= 0.6 is 0 Å². The highest BCUT2D eigenvalue weighted by atomic mass is 16.4. The second kappa shape index (κ2) is 8.07. The van der Waals surface area contributed by atoms with E-state index in [0.717, 1.165) is 24.8 Å². The van der Waals surface area contributed by atoms with Crippen molar-refractivity contribution in [2.45, 2.75) is 32.7 Å². The predicted octanol–water partition coefficient (Wildman–Crippen LogP) is 1.77. The van der Waals surface area contributed by atoms with Gasteiger partial charge in [-0.1, -0.05) is 25.8 Å². The number of hydrogen-bond donors (Lipinski definition) is 3. The van der Waals surface area contributed by atoms with E-state index >= 15 is 0 Å². The van der Waals surface area contributed by atoms with Gasteiger partial charge in [-0.15, -0.1) is 0 Å². The molecule has 1 aromatic heterocycles. The third kappa shape index (κ3) is 5.85. The van der Waals surface area contributed by atoms with Crippen LogP contribution in [0.1, 0.15) is 42.2 Å². The number of carbonyl (C=O) groups is 2. The molecule has 6 nitrogen and oxygen atoms in total. The summed E-state index contributed by atoms with van der Waals surface area (Å²) in [7, 11) is 0. The van der Waals surface area contributed by atoms with Gasteiger partial charge in [0.2, 0.25) is 0 Å². The number of nitrogens with zero attached hydrogens (tertiary/aromatic N) is 1. The molecule has 0 unspecified atom stereocenters. The van der Waals surface area contributed by atoms with Crippen LogP contribution in [0.5, 0.6) is 0 Å². The zero-order valence-corrected chi connectivity index (χ0v) is 11.0. The van der Waals surface area contributed by atoms with Crippen molar-refractivity contribution in [2.75, 3.05) is 6.54 Å². The Morgan fingerprint density at radius 1 is 1.26 bits per heavy atom. The Morgan fingerprint density at radius 2 is 2.05 bits per heavy atom. The lowest BCUT2D eigenvalue weighted by Gasteiger charge is -2.07. The number of pyridine rings is 1. The number of aromatic carboxylic acids is 1. The number of nitrogens with one attached hydrogen (secondary N) is 2. The summed E-state index contributed by atoms with van der Waals surface area (Å²) in [5, 5.41) is 14.1. The van der Waals surface area contributed by atoms with Crippen LogP contribution in [0, 0.1) is 0 Å². The highest BCUT2D eigenvalue weighted by Gasteiger charge is 2.04. The molecule has 0 aromatic carbocycles. The molecule has 1 heterocycles. The molecule has 0 saturated heterocycles. The number of carbonyl (C=O) groups excluding carboxylic acids is 1. The minimum absolute atomic E-state index is 0.00670. The molecule has 1 rings (SSSR count). The van der Waals surface area contributed by atoms with Crippen molar-refractivity contribution in [3.8, 4) is 0 Å². The van der Waals surface area contributed by atoms with E-state index in [1.807, 2.05) is 0 Å². The maximum Gasteiger partial charge on any atom is 0.354 e. The Kier molecular flexibility index (Phi) is 6.35. The number of rotatable bonds is 7. The van der Waals surface area contributed by atoms with Crippen LogP contribution in [-0.4, -0.2) is 28.6 Å². The third-order valence-corrected chi connectivity index (χ3v) is 2.56. The Balaban J connectivity index is 2.28. The van der Waals surface area contributed by atoms with Crippen molar-refractivity contribution in [3.05, 3.63) is 29.6 Å². The van der Waals surface area contributed by atoms with Crippen LogP contribution in [-0.2, 0) is 6.54 Å². The maximum absolute atomic E-state index is 11.4. The first-order valence-corrected chi connectivity index (χ1v) is 6.33. The predicted molar refractivity (Wildman–Crippen MR) is 71.0 cm³/mol. The molecular weight excluding hydrogens is 246 g/mol. The number of hydrogen-bond acceptors (Lipinski definition) is 3. The van der Waals surface area contributed by atoms with Crippen molar-refractivity contribution in [1.82, 2.24) is 15.6 Å². The second-order valence-electron chi connectivity index (χ2n) is 4.17. The Hall–Kier alpha value is -2.11. The minimum atomic E-state index is -1.06. The van der Waals surface area contributed by atoms with Crippen LogP contribution in [0.4, 0.5) is 4.79 Å². The molecule has 0 fully saturated rings. The second-order valence-corrected chi connectivity index (χ2v) is 4.17. The average Bonchev–Trinajstić information content (AvgIpc) is 2.42. The summed E-state index contributed by atoms with van der Waals surface area (Å²) >= 11 is 0. The minimum Gasteiger partial charge on any atom is -0.477 e. The topological polar surface area (TPSA) is 91.3 Å². The number of unbranched alkanes of at least 4 members (excludes halogenated alkanes) is 2. The zero-order valence-electron chi connectivity index (χ0n) is 11.0. The zero-order chi connectivity index (χ0) is 14.1. The summed E-state index contributed by atoms with van der Waals surface area (Å²) in [5.74, 6) is -1.06. The first-order chi connectivity index (χ1) is 9.13. The molecule has 0 radical (unpaired) electrons. The molecule has 6 heteroatoms. The van der Waals surface area contributed by atoms with E-state index in [2.05, 4.69) is 22.5 Å². The van der Waals surface area contributed by atoms with E-state index in [1.165, 1.54) is 12.3 Å². The largest absolute Gasteiger partial charge is 0.477 e. The monoisotopic (exact) mass is 265 g/mol. The van der Waals surface area contributed by atoms with Crippen molar-refractivity contribution in [3.63, 3.8) is 0 Å². The van der Waals surface area contributed by atoms with Gasteiger partial charge in [-0.2, -0.15) is 0 Å². The fourth-order valence-electron chi connectivity index (χ4n) is 1.48. The van der Waals surface area contributed by atoms with Crippen LogP contribution in [0.3, 0.4) is 0 Å². The van der Waals surface area contributed by atoms with Crippen molar-refractivity contribution >= 4 is 12.0 Å². The third-order valence-electron chi connectivity index (χ3n) is 2.56. The van der Waals surface area contributed by atoms with Gasteiger partial charge >= 0.3 is 12.0 Å². The Morgan fingerprint density at radius 3 is 2.63 bits per heavy atom. The summed E-state index contributed by atoms with van der Waals surface area (Å²) in [4.78, 5) is 25.8. The van der Waals surface area contributed by atoms with Crippen LogP contribution in [0.25, 0.3) is 0 Å². The van der Waals surface area contributed by atoms with Gasteiger partial charge in [0.1, 0.15) is 5.69 Å². The first-order valence-electron chi connectivity index (χ1n) is 6.33. The average molecular weight is 265 g/mol. The van der Waals surface area contributed by atoms with Gasteiger partial charge in [-0.05, 0) is 18.1 Å². The molecule has 0 atom stereocenters. The molecule has 1 aromatic rings. The van der Waals surface area contributed by atoms with Gasteiger partial charge in [-0.25, -0.2) is 14.6 Å². The lowest BCUT2D eigenvalue weighted by molar-refractivity contribution is 0.0690. The Labute approximate surface area is 112 Å². The molecule has 0 aliphatic heterocycles. The number of carboxylic acids is 1. The Bertz CT molecular complexity index is 418. The normalized spacial score (nSPS) is 9.95. The molecule has 0 bridgehead atoms. The number of aromatic nitrogens is 1. The van der Waals surface area contributed by atoms with Crippen LogP contribution in [0.2, 0.25) is 0 Å². The highest BCUT2D eigenvalue weighted by molar-refractivity contribution is 5.85. The van der Waals surface area contributed by atoms with E-state index in [0.29, 0.717) is 13.1 Å². The molecule has 0 spiro atoms. The smallest absolute Gasteiger partial charge is 0.354 e.